The molecule has 0 fully saturated rings. The first-order chi connectivity index (χ1) is 11.1. The van der Waals surface area contributed by atoms with Crippen LogP contribution in [0.5, 0.6) is 0 Å². The van der Waals surface area contributed by atoms with Crippen LogP contribution in [-0.4, -0.2) is 17.6 Å². The summed E-state index contributed by atoms with van der Waals surface area (Å²) in [6, 6.07) is 10.6. The predicted octanol–water partition coefficient (Wildman–Crippen LogP) is 5.33. The summed E-state index contributed by atoms with van der Waals surface area (Å²) < 4.78 is 7.74. The lowest BCUT2D eigenvalue weighted by atomic mass is 10.0. The van der Waals surface area contributed by atoms with Gasteiger partial charge in [-0.15, -0.1) is 11.3 Å². The van der Waals surface area contributed by atoms with E-state index in [4.69, 9.17) is 4.74 Å². The summed E-state index contributed by atoms with van der Waals surface area (Å²) in [7, 11) is 0. The van der Waals surface area contributed by atoms with Crippen molar-refractivity contribution in [2.45, 2.75) is 20.8 Å². The number of aromatic amines is 1. The van der Waals surface area contributed by atoms with E-state index in [1.165, 1.54) is 25.7 Å². The Morgan fingerprint density at radius 2 is 1.96 bits per heavy atom. The van der Waals surface area contributed by atoms with Crippen molar-refractivity contribution in [2.24, 2.45) is 0 Å². The van der Waals surface area contributed by atoms with E-state index < -0.39 is 0 Å². The first kappa shape index (κ1) is 14.3. The molecule has 0 spiro atoms. The van der Waals surface area contributed by atoms with E-state index in [0.717, 1.165) is 16.5 Å². The van der Waals surface area contributed by atoms with Crippen molar-refractivity contribution in [2.75, 3.05) is 6.61 Å². The molecule has 0 radical (unpaired) electrons. The molecule has 0 saturated carbocycles. The number of hydrogen-bond donors (Lipinski definition) is 1. The van der Waals surface area contributed by atoms with Gasteiger partial charge in [-0.1, -0.05) is 18.2 Å². The number of rotatable bonds is 2. The van der Waals surface area contributed by atoms with Crippen molar-refractivity contribution in [3.05, 3.63) is 47.2 Å². The van der Waals surface area contributed by atoms with Gasteiger partial charge in [0.05, 0.1) is 6.61 Å². The largest absolute Gasteiger partial charge is 0.461 e. The van der Waals surface area contributed by atoms with Crippen LogP contribution in [0.3, 0.4) is 0 Å². The van der Waals surface area contributed by atoms with Crippen LogP contribution in [-0.2, 0) is 4.74 Å². The third-order valence-electron chi connectivity index (χ3n) is 4.40. The third kappa shape index (κ3) is 1.98. The zero-order valence-corrected chi connectivity index (χ0v) is 14.1. The lowest BCUT2D eigenvalue weighted by Crippen LogP contribution is -2.06. The minimum absolute atomic E-state index is 0.284. The standard InChI is InChI=1S/C19H17NO2S/c1-4-22-19(21)17-10(2)16-11(3)18-13(9-14(16)20-17)12-7-5-6-8-15(12)23-18/h5-9,20H,4H2,1-3H3. The van der Waals surface area contributed by atoms with E-state index in [0.29, 0.717) is 12.3 Å². The van der Waals surface area contributed by atoms with Gasteiger partial charge < -0.3 is 9.72 Å². The van der Waals surface area contributed by atoms with Gasteiger partial charge >= 0.3 is 5.97 Å². The Morgan fingerprint density at radius 1 is 1.17 bits per heavy atom. The SMILES string of the molecule is CCOC(=O)c1[nH]c2cc3c(sc4ccccc43)c(C)c2c1C. The van der Waals surface area contributed by atoms with E-state index in [9.17, 15) is 4.79 Å². The Kier molecular flexibility index (Phi) is 3.16. The molecule has 23 heavy (non-hydrogen) atoms. The van der Waals surface area contributed by atoms with Gasteiger partial charge in [-0.25, -0.2) is 4.79 Å². The number of H-pyrrole nitrogens is 1. The molecule has 4 heteroatoms. The highest BCUT2D eigenvalue weighted by atomic mass is 32.1. The van der Waals surface area contributed by atoms with Gasteiger partial charge in [0.15, 0.2) is 0 Å². The van der Waals surface area contributed by atoms with Crippen molar-refractivity contribution in [3.8, 4) is 0 Å². The Labute approximate surface area is 137 Å². The lowest BCUT2D eigenvalue weighted by molar-refractivity contribution is 0.0520. The molecule has 0 saturated heterocycles. The molecule has 0 aliphatic rings. The number of thiophene rings is 1. The highest BCUT2D eigenvalue weighted by Crippen LogP contribution is 2.40. The monoisotopic (exact) mass is 323 g/mol. The maximum atomic E-state index is 12.1. The molecule has 3 nitrogen and oxygen atoms in total. The van der Waals surface area contributed by atoms with Gasteiger partial charge in [-0.2, -0.15) is 0 Å². The Balaban J connectivity index is 2.08. The fourth-order valence-electron chi connectivity index (χ4n) is 3.36. The van der Waals surface area contributed by atoms with Crippen LogP contribution < -0.4 is 0 Å². The van der Waals surface area contributed by atoms with Gasteiger partial charge in [0.1, 0.15) is 5.69 Å². The highest BCUT2D eigenvalue weighted by Gasteiger charge is 2.19. The van der Waals surface area contributed by atoms with Crippen molar-refractivity contribution in [1.82, 2.24) is 4.98 Å². The van der Waals surface area contributed by atoms with Gasteiger partial charge in [0, 0.05) is 31.1 Å². The first-order valence-electron chi connectivity index (χ1n) is 7.72. The van der Waals surface area contributed by atoms with E-state index >= 15 is 0 Å². The first-order valence-corrected chi connectivity index (χ1v) is 8.53. The van der Waals surface area contributed by atoms with Crippen LogP contribution in [0.25, 0.3) is 31.1 Å². The summed E-state index contributed by atoms with van der Waals surface area (Å²) in [5.74, 6) is -0.284. The number of nitrogens with one attached hydrogen (secondary N) is 1. The quantitative estimate of drug-likeness (QED) is 0.507. The van der Waals surface area contributed by atoms with Crippen molar-refractivity contribution in [1.29, 1.82) is 0 Å². The average molecular weight is 323 g/mol. The van der Waals surface area contributed by atoms with Crippen LogP contribution in [0, 0.1) is 13.8 Å². The maximum Gasteiger partial charge on any atom is 0.355 e. The number of ether oxygens (including phenoxy) is 1. The predicted molar refractivity (Wildman–Crippen MR) is 96.6 cm³/mol. The number of carbonyl (C=O) groups is 1. The number of esters is 1. The Morgan fingerprint density at radius 3 is 2.74 bits per heavy atom. The number of benzene rings is 2. The van der Waals surface area contributed by atoms with Crippen LogP contribution in [0.1, 0.15) is 28.5 Å². The fraction of sp³-hybridized carbons (Fsp3) is 0.211. The van der Waals surface area contributed by atoms with Gasteiger partial charge in [0.25, 0.3) is 0 Å². The molecular formula is C19H17NO2S. The van der Waals surface area contributed by atoms with E-state index in [1.54, 1.807) is 0 Å². The Hall–Kier alpha value is -2.33. The van der Waals surface area contributed by atoms with Crippen LogP contribution in [0.4, 0.5) is 0 Å². The van der Waals surface area contributed by atoms with Crippen molar-refractivity contribution in [3.63, 3.8) is 0 Å². The number of aryl methyl sites for hydroxylation is 2. The van der Waals surface area contributed by atoms with Crippen molar-refractivity contribution >= 4 is 48.4 Å². The topological polar surface area (TPSA) is 42.1 Å². The highest BCUT2D eigenvalue weighted by molar-refractivity contribution is 7.26. The molecule has 0 atom stereocenters. The smallest absolute Gasteiger partial charge is 0.355 e. The molecule has 2 heterocycles. The second-order valence-electron chi connectivity index (χ2n) is 5.74. The summed E-state index contributed by atoms with van der Waals surface area (Å²) in [5, 5.41) is 3.64. The average Bonchev–Trinajstić information content (AvgIpc) is 3.07. The van der Waals surface area contributed by atoms with Crippen LogP contribution >= 0.6 is 11.3 Å². The summed E-state index contributed by atoms with van der Waals surface area (Å²) in [5.41, 5.74) is 3.75. The van der Waals surface area contributed by atoms with Gasteiger partial charge in [0.2, 0.25) is 0 Å². The Bertz CT molecular complexity index is 1070. The molecule has 0 amide bonds. The second-order valence-corrected chi connectivity index (χ2v) is 6.80. The molecule has 2 aromatic heterocycles. The lowest BCUT2D eigenvalue weighted by Gasteiger charge is -2.01. The number of aromatic nitrogens is 1. The van der Waals surface area contributed by atoms with Crippen molar-refractivity contribution < 1.29 is 9.53 Å². The van der Waals surface area contributed by atoms with Gasteiger partial charge in [-0.05, 0) is 44.0 Å². The zero-order valence-electron chi connectivity index (χ0n) is 13.3. The van der Waals surface area contributed by atoms with Crippen LogP contribution in [0.2, 0.25) is 0 Å². The molecule has 1 N–H and O–H groups in total. The summed E-state index contributed by atoms with van der Waals surface area (Å²) in [4.78, 5) is 15.4. The summed E-state index contributed by atoms with van der Waals surface area (Å²) in [6.07, 6.45) is 0. The molecule has 4 aromatic rings. The molecule has 0 unspecified atom stereocenters. The minimum Gasteiger partial charge on any atom is -0.461 e. The van der Waals surface area contributed by atoms with Gasteiger partial charge in [-0.3, -0.25) is 0 Å². The zero-order chi connectivity index (χ0) is 16.1. The molecule has 0 aliphatic carbocycles. The van der Waals surface area contributed by atoms with Crippen LogP contribution in [0.15, 0.2) is 30.3 Å². The third-order valence-corrected chi connectivity index (χ3v) is 5.70. The fourth-order valence-corrected chi connectivity index (χ4v) is 4.55. The number of fused-ring (bicyclic) bond motifs is 4. The summed E-state index contributed by atoms with van der Waals surface area (Å²) >= 11 is 1.81. The maximum absolute atomic E-state index is 12.1. The molecule has 116 valence electrons. The van der Waals surface area contributed by atoms with E-state index in [-0.39, 0.29) is 5.97 Å². The molecular weight excluding hydrogens is 306 g/mol. The molecule has 4 rings (SSSR count). The molecule has 0 aliphatic heterocycles. The number of hydrogen-bond acceptors (Lipinski definition) is 3. The molecule has 0 bridgehead atoms. The normalized spacial score (nSPS) is 11.6. The summed E-state index contributed by atoms with van der Waals surface area (Å²) in [6.45, 7) is 6.32. The second kappa shape index (κ2) is 5.10. The van der Waals surface area contributed by atoms with E-state index in [1.807, 2.05) is 25.2 Å². The van der Waals surface area contributed by atoms with E-state index in [2.05, 4.69) is 42.2 Å². The minimum atomic E-state index is -0.284. The molecule has 2 aromatic carbocycles. The number of carbonyl (C=O) groups excluding carboxylic acids is 1.